The van der Waals surface area contributed by atoms with Crippen molar-refractivity contribution < 1.29 is 5.11 Å². The Morgan fingerprint density at radius 3 is 3.00 bits per heavy atom. The van der Waals surface area contributed by atoms with E-state index in [0.29, 0.717) is 18.4 Å². The smallest absolute Gasteiger partial charge is 0.0459 e. The first-order valence-corrected chi connectivity index (χ1v) is 4.16. The molecule has 0 saturated carbocycles. The molecule has 0 radical (unpaired) electrons. The second-order valence-corrected chi connectivity index (χ2v) is 3.27. The summed E-state index contributed by atoms with van der Waals surface area (Å²) >= 11 is 0. The lowest BCUT2D eigenvalue weighted by molar-refractivity contribution is 0.168. The zero-order valence-corrected chi connectivity index (χ0v) is 6.64. The minimum atomic E-state index is 0.340. The van der Waals surface area contributed by atoms with Gasteiger partial charge in [-0.3, -0.25) is 0 Å². The molecule has 1 aliphatic rings. The first-order chi connectivity index (χ1) is 4.84. The zero-order valence-electron chi connectivity index (χ0n) is 6.64. The molecule has 1 unspecified atom stereocenters. The normalized spacial score (nSPS) is 30.0. The monoisotopic (exact) mass is 143 g/mol. The third-order valence-corrected chi connectivity index (χ3v) is 2.43. The van der Waals surface area contributed by atoms with Crippen molar-refractivity contribution in [1.82, 2.24) is 5.32 Å². The van der Waals surface area contributed by atoms with Gasteiger partial charge in [0.2, 0.25) is 0 Å². The van der Waals surface area contributed by atoms with E-state index in [-0.39, 0.29) is 0 Å². The van der Waals surface area contributed by atoms with Crippen molar-refractivity contribution in [3.63, 3.8) is 0 Å². The highest BCUT2D eigenvalue weighted by Crippen LogP contribution is 2.18. The molecule has 0 aromatic rings. The third-order valence-electron chi connectivity index (χ3n) is 2.43. The fourth-order valence-corrected chi connectivity index (χ4v) is 1.51. The summed E-state index contributed by atoms with van der Waals surface area (Å²) < 4.78 is 0. The Morgan fingerprint density at radius 1 is 1.70 bits per heavy atom. The third kappa shape index (κ3) is 1.96. The van der Waals surface area contributed by atoms with E-state index < -0.39 is 0 Å². The van der Waals surface area contributed by atoms with Gasteiger partial charge in [0.25, 0.3) is 0 Å². The van der Waals surface area contributed by atoms with Crippen molar-refractivity contribution in [3.05, 3.63) is 0 Å². The molecule has 0 bridgehead atoms. The topological polar surface area (TPSA) is 32.3 Å². The summed E-state index contributed by atoms with van der Waals surface area (Å²) in [6, 6.07) is 0. The van der Waals surface area contributed by atoms with Gasteiger partial charge < -0.3 is 10.4 Å². The van der Waals surface area contributed by atoms with Gasteiger partial charge in [0, 0.05) is 6.61 Å². The van der Waals surface area contributed by atoms with E-state index >= 15 is 0 Å². The summed E-state index contributed by atoms with van der Waals surface area (Å²) in [6.45, 7) is 4.72. The summed E-state index contributed by atoms with van der Waals surface area (Å²) in [5.74, 6) is 1.19. The summed E-state index contributed by atoms with van der Waals surface area (Å²) in [5, 5.41) is 12.2. The largest absolute Gasteiger partial charge is 0.396 e. The molecule has 1 aliphatic heterocycles. The molecule has 0 aromatic heterocycles. The number of piperidine rings is 1. The molecule has 1 saturated heterocycles. The summed E-state index contributed by atoms with van der Waals surface area (Å²) in [7, 11) is 0. The van der Waals surface area contributed by atoms with Crippen LogP contribution in [0.2, 0.25) is 0 Å². The Balaban J connectivity index is 2.24. The lowest BCUT2D eigenvalue weighted by Crippen LogP contribution is -2.34. The average Bonchev–Trinajstić information content (AvgIpc) is 2.05. The number of hydrogen-bond donors (Lipinski definition) is 2. The lowest BCUT2D eigenvalue weighted by atomic mass is 9.88. The predicted octanol–water partition coefficient (Wildman–Crippen LogP) is 0.614. The fourth-order valence-electron chi connectivity index (χ4n) is 1.51. The van der Waals surface area contributed by atoms with Crippen LogP contribution in [-0.2, 0) is 0 Å². The highest BCUT2D eigenvalue weighted by Gasteiger charge is 2.18. The van der Waals surface area contributed by atoms with Crippen LogP contribution in [0.1, 0.15) is 19.8 Å². The van der Waals surface area contributed by atoms with Gasteiger partial charge in [0.15, 0.2) is 0 Å². The molecule has 2 nitrogen and oxygen atoms in total. The average molecular weight is 143 g/mol. The van der Waals surface area contributed by atoms with Gasteiger partial charge in [-0.1, -0.05) is 6.92 Å². The van der Waals surface area contributed by atoms with E-state index in [2.05, 4.69) is 12.2 Å². The van der Waals surface area contributed by atoms with E-state index in [4.69, 9.17) is 5.11 Å². The standard InChI is InChI=1S/C8H17NO/c1-7(6-10)8-3-2-4-9-5-8/h7-10H,2-6H2,1H3/t7?,8-/m1/s1. The Hall–Kier alpha value is -0.0800. The van der Waals surface area contributed by atoms with Crippen molar-refractivity contribution in [2.45, 2.75) is 19.8 Å². The van der Waals surface area contributed by atoms with Gasteiger partial charge in [-0.05, 0) is 37.8 Å². The number of nitrogens with one attached hydrogen (secondary N) is 1. The van der Waals surface area contributed by atoms with E-state index in [1.54, 1.807) is 0 Å². The van der Waals surface area contributed by atoms with Crippen LogP contribution >= 0.6 is 0 Å². The van der Waals surface area contributed by atoms with Crippen LogP contribution in [0.15, 0.2) is 0 Å². The molecule has 2 N–H and O–H groups in total. The Bertz CT molecular complexity index is 89.3. The zero-order chi connectivity index (χ0) is 7.40. The van der Waals surface area contributed by atoms with Crippen molar-refractivity contribution in [2.75, 3.05) is 19.7 Å². The van der Waals surface area contributed by atoms with Crippen LogP contribution in [0.5, 0.6) is 0 Å². The number of rotatable bonds is 2. The minimum absolute atomic E-state index is 0.340. The molecule has 0 aliphatic carbocycles. The summed E-state index contributed by atoms with van der Waals surface area (Å²) in [6.07, 6.45) is 2.56. The number of aliphatic hydroxyl groups excluding tert-OH is 1. The van der Waals surface area contributed by atoms with E-state index in [9.17, 15) is 0 Å². The van der Waals surface area contributed by atoms with E-state index in [1.165, 1.54) is 12.8 Å². The number of aliphatic hydroxyl groups is 1. The molecule has 1 rings (SSSR count). The molecule has 0 spiro atoms. The molecule has 0 amide bonds. The molecule has 60 valence electrons. The van der Waals surface area contributed by atoms with Crippen molar-refractivity contribution in [2.24, 2.45) is 11.8 Å². The van der Waals surface area contributed by atoms with E-state index in [1.807, 2.05) is 0 Å². The Morgan fingerprint density at radius 2 is 2.50 bits per heavy atom. The lowest BCUT2D eigenvalue weighted by Gasteiger charge is -2.26. The maximum absolute atomic E-state index is 8.86. The SMILES string of the molecule is CC(CO)[C@@H]1CCCNC1. The first kappa shape index (κ1) is 8.02. The van der Waals surface area contributed by atoms with Crippen molar-refractivity contribution in [1.29, 1.82) is 0 Å². The Kier molecular flexibility index (Phi) is 3.16. The van der Waals surface area contributed by atoms with Crippen LogP contribution in [0, 0.1) is 11.8 Å². The van der Waals surface area contributed by atoms with Crippen LogP contribution in [-0.4, -0.2) is 24.8 Å². The minimum Gasteiger partial charge on any atom is -0.396 e. The van der Waals surface area contributed by atoms with Crippen LogP contribution in [0.25, 0.3) is 0 Å². The molecular weight excluding hydrogens is 126 g/mol. The number of hydrogen-bond acceptors (Lipinski definition) is 2. The Labute approximate surface area is 62.6 Å². The van der Waals surface area contributed by atoms with Gasteiger partial charge in [-0.25, -0.2) is 0 Å². The highest BCUT2D eigenvalue weighted by molar-refractivity contribution is 4.72. The highest BCUT2D eigenvalue weighted by atomic mass is 16.3. The van der Waals surface area contributed by atoms with Gasteiger partial charge >= 0.3 is 0 Å². The van der Waals surface area contributed by atoms with Crippen LogP contribution in [0.4, 0.5) is 0 Å². The predicted molar refractivity (Wildman–Crippen MR) is 41.8 cm³/mol. The molecule has 1 fully saturated rings. The van der Waals surface area contributed by atoms with Gasteiger partial charge in [-0.15, -0.1) is 0 Å². The van der Waals surface area contributed by atoms with Crippen LogP contribution in [0.3, 0.4) is 0 Å². The molecule has 0 aromatic carbocycles. The molecule has 2 heteroatoms. The van der Waals surface area contributed by atoms with Gasteiger partial charge in [0.05, 0.1) is 0 Å². The van der Waals surface area contributed by atoms with Crippen molar-refractivity contribution >= 4 is 0 Å². The molecule has 2 atom stereocenters. The quantitative estimate of drug-likeness (QED) is 0.593. The first-order valence-electron chi connectivity index (χ1n) is 4.16. The second-order valence-electron chi connectivity index (χ2n) is 3.27. The van der Waals surface area contributed by atoms with E-state index in [0.717, 1.165) is 13.1 Å². The fraction of sp³-hybridized carbons (Fsp3) is 1.00. The maximum Gasteiger partial charge on any atom is 0.0459 e. The van der Waals surface area contributed by atoms with Crippen molar-refractivity contribution in [3.8, 4) is 0 Å². The summed E-state index contributed by atoms with van der Waals surface area (Å²) in [4.78, 5) is 0. The second kappa shape index (κ2) is 3.94. The maximum atomic E-state index is 8.86. The molecule has 1 heterocycles. The molecule has 10 heavy (non-hydrogen) atoms. The van der Waals surface area contributed by atoms with Gasteiger partial charge in [-0.2, -0.15) is 0 Å². The molecular formula is C8H17NO. The van der Waals surface area contributed by atoms with Gasteiger partial charge in [0.1, 0.15) is 0 Å². The summed E-state index contributed by atoms with van der Waals surface area (Å²) in [5.41, 5.74) is 0. The van der Waals surface area contributed by atoms with Crippen LogP contribution < -0.4 is 5.32 Å².